The van der Waals surface area contributed by atoms with Gasteiger partial charge in [0.1, 0.15) is 0 Å². The molecule has 4 nitrogen and oxygen atoms in total. The Morgan fingerprint density at radius 2 is 1.67 bits per heavy atom. The molecular weight excluding hydrogens is 264 g/mol. The lowest BCUT2D eigenvalue weighted by Gasteiger charge is -2.12. The van der Waals surface area contributed by atoms with Crippen molar-refractivity contribution in [1.29, 1.82) is 0 Å². The van der Waals surface area contributed by atoms with E-state index in [-0.39, 0.29) is 0 Å². The lowest BCUT2D eigenvalue weighted by molar-refractivity contribution is -0.129. The lowest BCUT2D eigenvalue weighted by Crippen LogP contribution is -2.28. The van der Waals surface area contributed by atoms with Crippen LogP contribution in [0.15, 0.2) is 54.6 Å². The third-order valence-electron chi connectivity index (χ3n) is 3.29. The second-order valence-corrected chi connectivity index (χ2v) is 4.89. The molecular formula is C17H20N2O2. The SMILES string of the molecule is NCCc1ccc(CNC(=O)C(O)c2ccccc2)cc1. The molecule has 2 aromatic rings. The van der Waals surface area contributed by atoms with E-state index in [0.29, 0.717) is 18.7 Å². The van der Waals surface area contributed by atoms with Crippen molar-refractivity contribution in [2.45, 2.75) is 19.1 Å². The largest absolute Gasteiger partial charge is 0.378 e. The first-order chi connectivity index (χ1) is 10.2. The minimum absolute atomic E-state index is 0.394. The molecule has 0 aliphatic rings. The van der Waals surface area contributed by atoms with Crippen molar-refractivity contribution in [2.75, 3.05) is 6.54 Å². The standard InChI is InChI=1S/C17H20N2O2/c18-11-10-13-6-8-14(9-7-13)12-19-17(21)16(20)15-4-2-1-3-5-15/h1-9,16,20H,10-12,18H2,(H,19,21). The Labute approximate surface area is 124 Å². The fraction of sp³-hybridized carbons (Fsp3) is 0.235. The molecule has 0 aromatic heterocycles. The number of aliphatic hydroxyl groups is 1. The van der Waals surface area contributed by atoms with Gasteiger partial charge in [-0.25, -0.2) is 0 Å². The molecule has 0 heterocycles. The Kier molecular flexibility index (Phi) is 5.49. The summed E-state index contributed by atoms with van der Waals surface area (Å²) in [5, 5.41) is 12.7. The fourth-order valence-corrected chi connectivity index (χ4v) is 2.06. The maximum absolute atomic E-state index is 11.9. The molecule has 0 aliphatic heterocycles. The molecule has 0 aliphatic carbocycles. The Bertz CT molecular complexity index is 567. The van der Waals surface area contributed by atoms with E-state index >= 15 is 0 Å². The number of nitrogens with two attached hydrogens (primary N) is 1. The number of hydrogen-bond donors (Lipinski definition) is 3. The van der Waals surface area contributed by atoms with E-state index in [0.717, 1.165) is 12.0 Å². The fourth-order valence-electron chi connectivity index (χ4n) is 2.06. The minimum Gasteiger partial charge on any atom is -0.378 e. The van der Waals surface area contributed by atoms with Crippen LogP contribution in [0.1, 0.15) is 22.8 Å². The molecule has 0 radical (unpaired) electrons. The van der Waals surface area contributed by atoms with Gasteiger partial charge in [0.2, 0.25) is 0 Å². The molecule has 4 heteroatoms. The molecule has 2 aromatic carbocycles. The van der Waals surface area contributed by atoms with E-state index in [9.17, 15) is 9.90 Å². The minimum atomic E-state index is -1.14. The highest BCUT2D eigenvalue weighted by molar-refractivity contribution is 5.81. The van der Waals surface area contributed by atoms with Gasteiger partial charge in [0, 0.05) is 6.54 Å². The van der Waals surface area contributed by atoms with Crippen molar-refractivity contribution in [3.63, 3.8) is 0 Å². The predicted octanol–water partition coefficient (Wildman–Crippen LogP) is 1.54. The molecule has 0 spiro atoms. The summed E-state index contributed by atoms with van der Waals surface area (Å²) in [6.07, 6.45) is -0.290. The average molecular weight is 284 g/mol. The van der Waals surface area contributed by atoms with Gasteiger partial charge in [-0.05, 0) is 29.7 Å². The summed E-state index contributed by atoms with van der Waals surface area (Å²) in [4.78, 5) is 11.9. The van der Waals surface area contributed by atoms with E-state index in [1.165, 1.54) is 5.56 Å². The first-order valence-electron chi connectivity index (χ1n) is 6.99. The third-order valence-corrected chi connectivity index (χ3v) is 3.29. The molecule has 1 unspecified atom stereocenters. The number of benzene rings is 2. The van der Waals surface area contributed by atoms with Crippen LogP contribution >= 0.6 is 0 Å². The van der Waals surface area contributed by atoms with Crippen LogP contribution in [0.3, 0.4) is 0 Å². The van der Waals surface area contributed by atoms with Gasteiger partial charge in [-0.2, -0.15) is 0 Å². The van der Waals surface area contributed by atoms with Crippen LogP contribution in [0.25, 0.3) is 0 Å². The maximum Gasteiger partial charge on any atom is 0.253 e. The number of hydrogen-bond acceptors (Lipinski definition) is 3. The second kappa shape index (κ2) is 7.57. The lowest BCUT2D eigenvalue weighted by atomic mass is 10.1. The smallest absolute Gasteiger partial charge is 0.253 e. The average Bonchev–Trinajstić information content (AvgIpc) is 2.54. The summed E-state index contributed by atoms with van der Waals surface area (Å²) in [5.74, 6) is -0.396. The zero-order chi connectivity index (χ0) is 15.1. The number of carbonyl (C=O) groups excluding carboxylic acids is 1. The Balaban J connectivity index is 1.89. The van der Waals surface area contributed by atoms with Gasteiger partial charge in [0.05, 0.1) is 0 Å². The van der Waals surface area contributed by atoms with Crippen LogP contribution in [0.4, 0.5) is 0 Å². The van der Waals surface area contributed by atoms with Crippen LogP contribution in [0.2, 0.25) is 0 Å². The molecule has 21 heavy (non-hydrogen) atoms. The molecule has 1 atom stereocenters. The van der Waals surface area contributed by atoms with Crippen LogP contribution in [0.5, 0.6) is 0 Å². The van der Waals surface area contributed by atoms with Crippen molar-refractivity contribution in [1.82, 2.24) is 5.32 Å². The quantitative estimate of drug-likeness (QED) is 0.753. The number of nitrogens with one attached hydrogen (secondary N) is 1. The van der Waals surface area contributed by atoms with Crippen LogP contribution in [-0.4, -0.2) is 17.6 Å². The molecule has 1 amide bonds. The topological polar surface area (TPSA) is 75.3 Å². The maximum atomic E-state index is 11.9. The van der Waals surface area contributed by atoms with Crippen LogP contribution in [0, 0.1) is 0 Å². The van der Waals surface area contributed by atoms with E-state index in [2.05, 4.69) is 5.32 Å². The van der Waals surface area contributed by atoms with Gasteiger partial charge >= 0.3 is 0 Å². The molecule has 0 saturated carbocycles. The van der Waals surface area contributed by atoms with Gasteiger partial charge < -0.3 is 16.2 Å². The number of aliphatic hydroxyl groups excluding tert-OH is 1. The summed E-state index contributed by atoms with van der Waals surface area (Å²) in [6.45, 7) is 1.02. The van der Waals surface area contributed by atoms with Gasteiger partial charge in [0.15, 0.2) is 6.10 Å². The Hall–Kier alpha value is -2.17. The molecule has 0 fully saturated rings. The summed E-state index contributed by atoms with van der Waals surface area (Å²) in [7, 11) is 0. The summed E-state index contributed by atoms with van der Waals surface area (Å²) >= 11 is 0. The summed E-state index contributed by atoms with van der Waals surface area (Å²) in [6, 6.07) is 16.8. The van der Waals surface area contributed by atoms with Crippen molar-refractivity contribution >= 4 is 5.91 Å². The van der Waals surface area contributed by atoms with Crippen molar-refractivity contribution in [2.24, 2.45) is 5.73 Å². The first-order valence-corrected chi connectivity index (χ1v) is 6.99. The van der Waals surface area contributed by atoms with E-state index < -0.39 is 12.0 Å². The highest BCUT2D eigenvalue weighted by Crippen LogP contribution is 2.12. The molecule has 2 rings (SSSR count). The zero-order valence-electron chi connectivity index (χ0n) is 11.8. The number of rotatable bonds is 6. The van der Waals surface area contributed by atoms with Crippen molar-refractivity contribution in [3.05, 3.63) is 71.3 Å². The third kappa shape index (κ3) is 4.41. The number of amides is 1. The van der Waals surface area contributed by atoms with E-state index in [4.69, 9.17) is 5.73 Å². The zero-order valence-corrected chi connectivity index (χ0v) is 11.8. The molecule has 110 valence electrons. The van der Waals surface area contributed by atoms with E-state index in [1.54, 1.807) is 24.3 Å². The summed E-state index contributed by atoms with van der Waals surface area (Å²) in [5.41, 5.74) is 8.26. The highest BCUT2D eigenvalue weighted by atomic mass is 16.3. The highest BCUT2D eigenvalue weighted by Gasteiger charge is 2.16. The summed E-state index contributed by atoms with van der Waals surface area (Å²) < 4.78 is 0. The Morgan fingerprint density at radius 1 is 1.05 bits per heavy atom. The van der Waals surface area contributed by atoms with Gasteiger partial charge in [-0.3, -0.25) is 4.79 Å². The second-order valence-electron chi connectivity index (χ2n) is 4.89. The van der Waals surface area contributed by atoms with Crippen LogP contribution < -0.4 is 11.1 Å². The normalized spacial score (nSPS) is 11.9. The van der Waals surface area contributed by atoms with Gasteiger partial charge in [-0.15, -0.1) is 0 Å². The predicted molar refractivity (Wildman–Crippen MR) is 82.4 cm³/mol. The molecule has 4 N–H and O–H groups in total. The Morgan fingerprint density at radius 3 is 2.29 bits per heavy atom. The first kappa shape index (κ1) is 15.2. The van der Waals surface area contributed by atoms with Gasteiger partial charge in [0.25, 0.3) is 5.91 Å². The molecule has 0 saturated heterocycles. The number of carbonyl (C=O) groups is 1. The molecule has 0 bridgehead atoms. The monoisotopic (exact) mass is 284 g/mol. The van der Waals surface area contributed by atoms with Gasteiger partial charge in [-0.1, -0.05) is 54.6 Å². The van der Waals surface area contributed by atoms with E-state index in [1.807, 2.05) is 30.3 Å². The van der Waals surface area contributed by atoms with Crippen molar-refractivity contribution in [3.8, 4) is 0 Å². The van der Waals surface area contributed by atoms with Crippen molar-refractivity contribution < 1.29 is 9.90 Å². The van der Waals surface area contributed by atoms with Crippen LogP contribution in [-0.2, 0) is 17.8 Å².